The van der Waals surface area contributed by atoms with Gasteiger partial charge in [0.15, 0.2) is 0 Å². The number of para-hydroxylation sites is 2. The van der Waals surface area contributed by atoms with Crippen LogP contribution in [0.15, 0.2) is 48.8 Å². The van der Waals surface area contributed by atoms with Gasteiger partial charge in [0.25, 0.3) is 5.91 Å². The lowest BCUT2D eigenvalue weighted by Gasteiger charge is -2.16. The molecule has 1 heterocycles. The van der Waals surface area contributed by atoms with Crippen LogP contribution in [0.2, 0.25) is 0 Å². The summed E-state index contributed by atoms with van der Waals surface area (Å²) in [6, 6.07) is 10.6. The lowest BCUT2D eigenvalue weighted by atomic mass is 10.0. The molecule has 0 aliphatic carbocycles. The molecule has 0 aliphatic heterocycles. The lowest BCUT2D eigenvalue weighted by Crippen LogP contribution is -2.23. The van der Waals surface area contributed by atoms with E-state index in [0.717, 1.165) is 12.8 Å². The average Bonchev–Trinajstić information content (AvgIpc) is 2.58. The first kappa shape index (κ1) is 16.7. The van der Waals surface area contributed by atoms with Gasteiger partial charge in [0.05, 0.1) is 16.9 Å². The Morgan fingerprint density at radius 2 is 1.65 bits per heavy atom. The Balaban J connectivity index is 2.14. The molecule has 0 aliphatic rings. The van der Waals surface area contributed by atoms with Gasteiger partial charge in [0.1, 0.15) is 0 Å². The molecule has 0 saturated carbocycles. The van der Waals surface area contributed by atoms with Crippen LogP contribution < -0.4 is 10.6 Å². The predicted molar refractivity (Wildman–Crippen MR) is 91.3 cm³/mol. The SMILES string of the molecule is CCC(CC)C(=O)Nc1ccccc1NC(=O)c1cccnc1. The number of amides is 2. The normalized spacial score (nSPS) is 10.4. The molecule has 0 atom stereocenters. The molecule has 5 heteroatoms. The minimum atomic E-state index is -0.262. The first-order valence-electron chi connectivity index (χ1n) is 7.77. The third-order valence-electron chi connectivity index (χ3n) is 3.71. The van der Waals surface area contributed by atoms with Crippen molar-refractivity contribution >= 4 is 23.2 Å². The van der Waals surface area contributed by atoms with Crippen molar-refractivity contribution in [2.75, 3.05) is 10.6 Å². The van der Waals surface area contributed by atoms with Crippen LogP contribution in [0.3, 0.4) is 0 Å². The second kappa shape index (κ2) is 8.08. The summed E-state index contributed by atoms with van der Waals surface area (Å²) >= 11 is 0. The third kappa shape index (κ3) is 4.39. The van der Waals surface area contributed by atoms with Crippen molar-refractivity contribution in [1.29, 1.82) is 0 Å². The number of carbonyl (C=O) groups excluding carboxylic acids is 2. The monoisotopic (exact) mass is 311 g/mol. The summed E-state index contributed by atoms with van der Waals surface area (Å²) < 4.78 is 0. The average molecular weight is 311 g/mol. The number of carbonyl (C=O) groups is 2. The molecule has 1 aromatic carbocycles. The molecule has 0 saturated heterocycles. The van der Waals surface area contributed by atoms with E-state index in [1.165, 1.54) is 6.20 Å². The maximum absolute atomic E-state index is 12.2. The number of aromatic nitrogens is 1. The molecule has 1 aromatic heterocycles. The fourth-order valence-electron chi connectivity index (χ4n) is 2.29. The third-order valence-corrected chi connectivity index (χ3v) is 3.71. The molecule has 5 nitrogen and oxygen atoms in total. The van der Waals surface area contributed by atoms with E-state index < -0.39 is 0 Å². The fourth-order valence-corrected chi connectivity index (χ4v) is 2.29. The Kier molecular flexibility index (Phi) is 5.86. The molecule has 23 heavy (non-hydrogen) atoms. The first-order valence-corrected chi connectivity index (χ1v) is 7.77. The number of hydrogen-bond donors (Lipinski definition) is 2. The molecule has 2 amide bonds. The van der Waals surface area contributed by atoms with Gasteiger partial charge in [0.2, 0.25) is 5.91 Å². The van der Waals surface area contributed by atoms with Crippen LogP contribution in [0.5, 0.6) is 0 Å². The Morgan fingerprint density at radius 3 is 2.22 bits per heavy atom. The highest BCUT2D eigenvalue weighted by molar-refractivity contribution is 6.07. The van der Waals surface area contributed by atoms with E-state index in [9.17, 15) is 9.59 Å². The van der Waals surface area contributed by atoms with Crippen molar-refractivity contribution in [2.24, 2.45) is 5.92 Å². The van der Waals surface area contributed by atoms with Crippen molar-refractivity contribution in [2.45, 2.75) is 26.7 Å². The standard InChI is InChI=1S/C18H21N3O2/c1-3-13(4-2)17(22)20-15-9-5-6-10-16(15)21-18(23)14-8-7-11-19-12-14/h5-13H,3-4H2,1-2H3,(H,20,22)(H,21,23). The van der Waals surface area contributed by atoms with Crippen molar-refractivity contribution in [3.8, 4) is 0 Å². The zero-order valence-corrected chi connectivity index (χ0v) is 13.4. The molecule has 2 N–H and O–H groups in total. The zero-order chi connectivity index (χ0) is 16.7. The van der Waals surface area contributed by atoms with Gasteiger partial charge in [0, 0.05) is 18.3 Å². The van der Waals surface area contributed by atoms with E-state index in [2.05, 4.69) is 15.6 Å². The molecular formula is C18H21N3O2. The van der Waals surface area contributed by atoms with Crippen LogP contribution in [0.1, 0.15) is 37.0 Å². The topological polar surface area (TPSA) is 71.1 Å². The lowest BCUT2D eigenvalue weighted by molar-refractivity contribution is -0.120. The van der Waals surface area contributed by atoms with Gasteiger partial charge in [-0.05, 0) is 37.1 Å². The van der Waals surface area contributed by atoms with E-state index in [0.29, 0.717) is 16.9 Å². The zero-order valence-electron chi connectivity index (χ0n) is 13.4. The minimum absolute atomic E-state index is 0.0296. The van der Waals surface area contributed by atoms with Crippen LogP contribution in [-0.2, 0) is 4.79 Å². The van der Waals surface area contributed by atoms with Crippen LogP contribution in [0.25, 0.3) is 0 Å². The minimum Gasteiger partial charge on any atom is -0.324 e. The highest BCUT2D eigenvalue weighted by atomic mass is 16.2. The Bertz CT molecular complexity index is 667. The van der Waals surface area contributed by atoms with E-state index in [4.69, 9.17) is 0 Å². The molecule has 0 bridgehead atoms. The van der Waals surface area contributed by atoms with Gasteiger partial charge >= 0.3 is 0 Å². The second-order valence-corrected chi connectivity index (χ2v) is 5.24. The summed E-state index contributed by atoms with van der Waals surface area (Å²) in [5.74, 6) is -0.322. The second-order valence-electron chi connectivity index (χ2n) is 5.24. The van der Waals surface area contributed by atoms with Crippen LogP contribution in [0, 0.1) is 5.92 Å². The molecule has 120 valence electrons. The fraction of sp³-hybridized carbons (Fsp3) is 0.278. The molecular weight excluding hydrogens is 290 g/mol. The number of nitrogens with zero attached hydrogens (tertiary/aromatic N) is 1. The van der Waals surface area contributed by atoms with Crippen molar-refractivity contribution in [3.63, 3.8) is 0 Å². The predicted octanol–water partition coefficient (Wildman–Crippen LogP) is 3.71. The molecule has 0 spiro atoms. The summed E-state index contributed by atoms with van der Waals surface area (Å²) in [5, 5.41) is 5.71. The number of benzene rings is 1. The van der Waals surface area contributed by atoms with Crippen LogP contribution >= 0.6 is 0 Å². The number of anilines is 2. The van der Waals surface area contributed by atoms with Crippen molar-refractivity contribution < 1.29 is 9.59 Å². The van der Waals surface area contributed by atoms with E-state index in [-0.39, 0.29) is 17.7 Å². The summed E-state index contributed by atoms with van der Waals surface area (Å²) in [5.41, 5.74) is 1.64. The molecule has 0 fully saturated rings. The number of nitrogens with one attached hydrogen (secondary N) is 2. The highest BCUT2D eigenvalue weighted by Crippen LogP contribution is 2.23. The molecule has 2 aromatic rings. The van der Waals surface area contributed by atoms with Gasteiger partial charge < -0.3 is 10.6 Å². The largest absolute Gasteiger partial charge is 0.324 e. The van der Waals surface area contributed by atoms with Crippen LogP contribution in [0.4, 0.5) is 11.4 Å². The maximum Gasteiger partial charge on any atom is 0.257 e. The molecule has 2 rings (SSSR count). The van der Waals surface area contributed by atoms with Crippen molar-refractivity contribution in [1.82, 2.24) is 4.98 Å². The smallest absolute Gasteiger partial charge is 0.257 e. The van der Waals surface area contributed by atoms with E-state index in [1.807, 2.05) is 26.0 Å². The van der Waals surface area contributed by atoms with Gasteiger partial charge in [-0.2, -0.15) is 0 Å². The van der Waals surface area contributed by atoms with Gasteiger partial charge in [-0.3, -0.25) is 14.6 Å². The Labute approximate surface area is 136 Å². The summed E-state index contributed by atoms with van der Waals surface area (Å²) in [6.45, 7) is 3.98. The highest BCUT2D eigenvalue weighted by Gasteiger charge is 2.16. The summed E-state index contributed by atoms with van der Waals surface area (Å²) in [7, 11) is 0. The van der Waals surface area contributed by atoms with E-state index >= 15 is 0 Å². The number of hydrogen-bond acceptors (Lipinski definition) is 3. The Morgan fingerprint density at radius 1 is 1.00 bits per heavy atom. The van der Waals surface area contributed by atoms with Crippen molar-refractivity contribution in [3.05, 3.63) is 54.4 Å². The molecule has 0 radical (unpaired) electrons. The summed E-state index contributed by atoms with van der Waals surface area (Å²) in [4.78, 5) is 28.4. The van der Waals surface area contributed by atoms with Gasteiger partial charge in [-0.15, -0.1) is 0 Å². The molecule has 0 unspecified atom stereocenters. The Hall–Kier alpha value is -2.69. The van der Waals surface area contributed by atoms with Gasteiger partial charge in [-0.1, -0.05) is 26.0 Å². The first-order chi connectivity index (χ1) is 11.2. The van der Waals surface area contributed by atoms with E-state index in [1.54, 1.807) is 30.5 Å². The van der Waals surface area contributed by atoms with Gasteiger partial charge in [-0.25, -0.2) is 0 Å². The number of pyridine rings is 1. The quantitative estimate of drug-likeness (QED) is 0.854. The van der Waals surface area contributed by atoms with Crippen LogP contribution in [-0.4, -0.2) is 16.8 Å². The summed E-state index contributed by atoms with van der Waals surface area (Å²) in [6.07, 6.45) is 4.68. The maximum atomic E-state index is 12.2. The number of rotatable bonds is 6.